The Morgan fingerprint density at radius 1 is 0.933 bits per heavy atom. The van der Waals surface area contributed by atoms with Crippen LogP contribution in [0.5, 0.6) is 0 Å². The summed E-state index contributed by atoms with van der Waals surface area (Å²) >= 11 is 18.8. The Labute approximate surface area is 193 Å². The molecular formula is C24H26Cl3N3. The lowest BCUT2D eigenvalue weighted by molar-refractivity contribution is 0.356. The molecule has 1 fully saturated rings. The molecule has 1 aliphatic rings. The first-order valence-corrected chi connectivity index (χ1v) is 11.5. The Balaban J connectivity index is 1.46. The number of aromatic nitrogens is 1. The minimum absolute atomic E-state index is 0.233. The van der Waals surface area contributed by atoms with Crippen molar-refractivity contribution in [3.63, 3.8) is 0 Å². The van der Waals surface area contributed by atoms with Crippen LogP contribution < -0.4 is 10.2 Å². The lowest BCUT2D eigenvalue weighted by Crippen LogP contribution is -2.45. The number of aryl methyl sites for hydroxylation is 1. The molecule has 1 aliphatic heterocycles. The predicted molar refractivity (Wildman–Crippen MR) is 128 cm³/mol. The molecule has 30 heavy (non-hydrogen) atoms. The van der Waals surface area contributed by atoms with Crippen LogP contribution in [0.2, 0.25) is 15.1 Å². The van der Waals surface area contributed by atoms with Gasteiger partial charge in [-0.05, 0) is 73.8 Å². The van der Waals surface area contributed by atoms with E-state index >= 15 is 0 Å². The summed E-state index contributed by atoms with van der Waals surface area (Å²) < 4.78 is 2.23. The zero-order valence-electron chi connectivity index (χ0n) is 16.8. The first-order valence-electron chi connectivity index (χ1n) is 10.4. The van der Waals surface area contributed by atoms with Crippen molar-refractivity contribution in [2.24, 2.45) is 0 Å². The van der Waals surface area contributed by atoms with E-state index in [-0.39, 0.29) is 6.04 Å². The summed E-state index contributed by atoms with van der Waals surface area (Å²) in [7, 11) is 0. The molecule has 2 unspecified atom stereocenters. The smallest absolute Gasteiger partial charge is 0.0654 e. The standard InChI is InChI=1S/C24H26Cl3N3/c25-19-6-4-18(5-7-19)24-17-21(28-11-3-14-29-12-1-2-13-29)10-15-30(24)23-9-8-20(26)16-22(23)27/h1-2,4-9,12-13,16,21,24,28H,3,10-11,14-15,17H2. The lowest BCUT2D eigenvalue weighted by atomic mass is 9.91. The van der Waals surface area contributed by atoms with Crippen LogP contribution >= 0.6 is 34.8 Å². The van der Waals surface area contributed by atoms with E-state index in [1.165, 1.54) is 5.56 Å². The van der Waals surface area contributed by atoms with E-state index in [2.05, 4.69) is 51.4 Å². The fourth-order valence-corrected chi connectivity index (χ4v) is 4.88. The van der Waals surface area contributed by atoms with Gasteiger partial charge in [-0.1, -0.05) is 46.9 Å². The summed E-state index contributed by atoms with van der Waals surface area (Å²) in [6.07, 6.45) is 7.44. The van der Waals surface area contributed by atoms with Crippen LogP contribution in [0.1, 0.15) is 30.9 Å². The molecule has 1 N–H and O–H groups in total. The van der Waals surface area contributed by atoms with E-state index in [4.69, 9.17) is 34.8 Å². The highest BCUT2D eigenvalue weighted by Gasteiger charge is 2.30. The second-order valence-electron chi connectivity index (χ2n) is 7.81. The van der Waals surface area contributed by atoms with Crippen molar-refractivity contribution in [2.45, 2.75) is 37.9 Å². The molecular weight excluding hydrogens is 437 g/mol. The molecule has 1 saturated heterocycles. The molecule has 6 heteroatoms. The molecule has 0 bridgehead atoms. The Hall–Kier alpha value is -1.65. The molecule has 4 rings (SSSR count). The van der Waals surface area contributed by atoms with Gasteiger partial charge in [-0.2, -0.15) is 0 Å². The van der Waals surface area contributed by atoms with Crippen LogP contribution in [-0.4, -0.2) is 23.7 Å². The number of benzene rings is 2. The first-order chi connectivity index (χ1) is 14.6. The van der Waals surface area contributed by atoms with E-state index < -0.39 is 0 Å². The van der Waals surface area contributed by atoms with Gasteiger partial charge in [-0.25, -0.2) is 0 Å². The van der Waals surface area contributed by atoms with Gasteiger partial charge < -0.3 is 14.8 Å². The first kappa shape index (κ1) is 21.6. The summed E-state index contributed by atoms with van der Waals surface area (Å²) in [4.78, 5) is 2.40. The fourth-order valence-electron chi connectivity index (χ4n) is 4.24. The van der Waals surface area contributed by atoms with Crippen LogP contribution in [-0.2, 0) is 6.54 Å². The largest absolute Gasteiger partial charge is 0.363 e. The molecule has 0 saturated carbocycles. The molecule has 1 aromatic heterocycles. The zero-order valence-corrected chi connectivity index (χ0v) is 19.0. The number of rotatable bonds is 7. The number of nitrogens with one attached hydrogen (secondary N) is 1. The van der Waals surface area contributed by atoms with E-state index in [0.29, 0.717) is 16.1 Å². The van der Waals surface area contributed by atoms with Gasteiger partial charge in [0.05, 0.1) is 16.8 Å². The Morgan fingerprint density at radius 2 is 1.67 bits per heavy atom. The molecule has 2 aromatic carbocycles. The number of halogens is 3. The molecule has 0 aliphatic carbocycles. The van der Waals surface area contributed by atoms with Crippen LogP contribution in [0, 0.1) is 0 Å². The number of hydrogen-bond acceptors (Lipinski definition) is 2. The van der Waals surface area contributed by atoms with Gasteiger partial charge in [0.1, 0.15) is 0 Å². The highest BCUT2D eigenvalue weighted by atomic mass is 35.5. The number of anilines is 1. The topological polar surface area (TPSA) is 20.2 Å². The average molecular weight is 463 g/mol. The average Bonchev–Trinajstić information content (AvgIpc) is 3.26. The number of nitrogens with zero attached hydrogens (tertiary/aromatic N) is 2. The van der Waals surface area contributed by atoms with E-state index in [9.17, 15) is 0 Å². The summed E-state index contributed by atoms with van der Waals surface area (Å²) in [5.41, 5.74) is 2.29. The van der Waals surface area contributed by atoms with Crippen molar-refractivity contribution in [2.75, 3.05) is 18.0 Å². The highest BCUT2D eigenvalue weighted by Crippen LogP contribution is 2.39. The van der Waals surface area contributed by atoms with Crippen molar-refractivity contribution in [3.05, 3.63) is 87.6 Å². The van der Waals surface area contributed by atoms with E-state index in [1.54, 1.807) is 0 Å². The van der Waals surface area contributed by atoms with Crippen LogP contribution in [0.3, 0.4) is 0 Å². The molecule has 3 nitrogen and oxygen atoms in total. The maximum atomic E-state index is 6.56. The third kappa shape index (κ3) is 5.33. The van der Waals surface area contributed by atoms with Crippen LogP contribution in [0.15, 0.2) is 67.0 Å². The van der Waals surface area contributed by atoms with Gasteiger partial charge in [0.25, 0.3) is 0 Å². The fraction of sp³-hybridized carbons (Fsp3) is 0.333. The predicted octanol–water partition coefficient (Wildman–Crippen LogP) is 6.84. The van der Waals surface area contributed by atoms with Crippen molar-refractivity contribution >= 4 is 40.5 Å². The minimum Gasteiger partial charge on any atom is -0.363 e. The normalized spacial score (nSPS) is 19.2. The summed E-state index contributed by atoms with van der Waals surface area (Å²) in [6.45, 7) is 2.99. The van der Waals surface area contributed by atoms with Crippen molar-refractivity contribution in [3.8, 4) is 0 Å². The van der Waals surface area contributed by atoms with Crippen molar-refractivity contribution in [1.82, 2.24) is 9.88 Å². The van der Waals surface area contributed by atoms with Crippen molar-refractivity contribution < 1.29 is 0 Å². The zero-order chi connectivity index (χ0) is 20.9. The lowest BCUT2D eigenvalue weighted by Gasteiger charge is -2.42. The Bertz CT molecular complexity index is 941. The second kappa shape index (κ2) is 10.1. The quantitative estimate of drug-likeness (QED) is 0.388. The van der Waals surface area contributed by atoms with E-state index in [0.717, 1.165) is 49.6 Å². The van der Waals surface area contributed by atoms with Gasteiger partial charge in [0.2, 0.25) is 0 Å². The summed E-state index contributed by atoms with van der Waals surface area (Å²) in [5, 5.41) is 5.88. The monoisotopic (exact) mass is 461 g/mol. The van der Waals surface area contributed by atoms with Gasteiger partial charge in [0, 0.05) is 41.6 Å². The third-order valence-electron chi connectivity index (χ3n) is 5.77. The number of hydrogen-bond donors (Lipinski definition) is 1. The van der Waals surface area contributed by atoms with Gasteiger partial charge >= 0.3 is 0 Å². The summed E-state index contributed by atoms with van der Waals surface area (Å²) in [6, 6.07) is 18.8. The maximum absolute atomic E-state index is 6.56. The molecule has 2 atom stereocenters. The van der Waals surface area contributed by atoms with Gasteiger partial charge in [-0.15, -0.1) is 0 Å². The number of piperidine rings is 1. The minimum atomic E-state index is 0.233. The SMILES string of the molecule is Clc1ccc(C2CC(NCCCn3cccc3)CCN2c2ccc(Cl)cc2Cl)cc1. The Kier molecular flexibility index (Phi) is 7.27. The Morgan fingerprint density at radius 3 is 2.40 bits per heavy atom. The van der Waals surface area contributed by atoms with Crippen molar-refractivity contribution in [1.29, 1.82) is 0 Å². The molecule has 0 amide bonds. The van der Waals surface area contributed by atoms with Gasteiger partial charge in [-0.3, -0.25) is 0 Å². The van der Waals surface area contributed by atoms with Crippen LogP contribution in [0.4, 0.5) is 5.69 Å². The molecule has 0 spiro atoms. The van der Waals surface area contributed by atoms with Gasteiger partial charge in [0.15, 0.2) is 0 Å². The molecule has 3 aromatic rings. The second-order valence-corrected chi connectivity index (χ2v) is 9.09. The molecule has 2 heterocycles. The highest BCUT2D eigenvalue weighted by molar-refractivity contribution is 6.36. The third-order valence-corrected chi connectivity index (χ3v) is 6.56. The maximum Gasteiger partial charge on any atom is 0.0654 e. The van der Waals surface area contributed by atoms with Crippen LogP contribution in [0.25, 0.3) is 0 Å². The molecule has 158 valence electrons. The summed E-state index contributed by atoms with van der Waals surface area (Å²) in [5.74, 6) is 0. The molecule has 0 radical (unpaired) electrons. The van der Waals surface area contributed by atoms with E-state index in [1.807, 2.05) is 30.3 Å².